The second-order valence-electron chi connectivity index (χ2n) is 3.84. The van der Waals surface area contributed by atoms with E-state index in [0.29, 0.717) is 18.8 Å². The molecule has 18 heavy (non-hydrogen) atoms. The van der Waals surface area contributed by atoms with E-state index in [2.05, 4.69) is 10.4 Å². The van der Waals surface area contributed by atoms with Gasteiger partial charge in [-0.15, -0.1) is 11.6 Å². The van der Waals surface area contributed by atoms with Crippen molar-refractivity contribution in [2.45, 2.75) is 13.0 Å². The number of carbonyl (C=O) groups excluding carboxylic acids is 1. The average molecular weight is 264 g/mol. The molecule has 4 nitrogen and oxygen atoms in total. The number of nitrogens with zero attached hydrogens (tertiary/aromatic N) is 2. The van der Waals surface area contributed by atoms with Crippen LogP contribution in [0.3, 0.4) is 0 Å². The Hall–Kier alpha value is -1.81. The number of alkyl halides is 1. The molecule has 1 aromatic heterocycles. The molecule has 94 valence electrons. The summed E-state index contributed by atoms with van der Waals surface area (Å²) in [6.07, 6.45) is 3.98. The number of nitrogens with one attached hydrogen (secondary N) is 1. The van der Waals surface area contributed by atoms with Crippen LogP contribution in [-0.2, 0) is 11.3 Å². The Labute approximate surface area is 111 Å². The highest BCUT2D eigenvalue weighted by atomic mass is 35.5. The van der Waals surface area contributed by atoms with Crippen LogP contribution in [0.2, 0.25) is 0 Å². The molecule has 1 heterocycles. The third-order valence-electron chi connectivity index (χ3n) is 2.47. The number of hydrogen-bond donors (Lipinski definition) is 1. The van der Waals surface area contributed by atoms with Gasteiger partial charge in [-0.3, -0.25) is 4.79 Å². The van der Waals surface area contributed by atoms with E-state index in [-0.39, 0.29) is 5.91 Å². The fraction of sp³-hybridized carbons (Fsp3) is 0.231. The molecule has 2 aromatic rings. The second-order valence-corrected chi connectivity index (χ2v) is 4.22. The van der Waals surface area contributed by atoms with Gasteiger partial charge < -0.3 is 5.32 Å². The van der Waals surface area contributed by atoms with Gasteiger partial charge >= 0.3 is 0 Å². The van der Waals surface area contributed by atoms with Crippen LogP contribution >= 0.6 is 11.6 Å². The fourth-order valence-electron chi connectivity index (χ4n) is 1.55. The normalized spacial score (nSPS) is 10.3. The van der Waals surface area contributed by atoms with Crippen molar-refractivity contribution in [1.29, 1.82) is 0 Å². The molecule has 0 aliphatic rings. The molecule has 0 saturated heterocycles. The Morgan fingerprint density at radius 3 is 2.83 bits per heavy atom. The van der Waals surface area contributed by atoms with E-state index in [1.807, 2.05) is 36.5 Å². The first-order chi connectivity index (χ1) is 8.79. The van der Waals surface area contributed by atoms with E-state index in [0.717, 1.165) is 11.3 Å². The molecule has 0 aliphatic carbocycles. The number of rotatable bonds is 5. The highest BCUT2D eigenvalue weighted by Gasteiger charge is 2.03. The van der Waals surface area contributed by atoms with Crippen LogP contribution in [0.15, 0.2) is 42.7 Å². The number of benzene rings is 1. The highest BCUT2D eigenvalue weighted by Crippen LogP contribution is 2.07. The predicted molar refractivity (Wildman–Crippen MR) is 70.7 cm³/mol. The molecule has 0 aliphatic heterocycles. The van der Waals surface area contributed by atoms with Gasteiger partial charge in [0.25, 0.3) is 0 Å². The Morgan fingerprint density at radius 1 is 1.33 bits per heavy atom. The second kappa shape index (κ2) is 6.21. The lowest BCUT2D eigenvalue weighted by Crippen LogP contribution is -2.22. The summed E-state index contributed by atoms with van der Waals surface area (Å²) in [5.41, 5.74) is 1.96. The molecule has 0 fully saturated rings. The monoisotopic (exact) mass is 263 g/mol. The van der Waals surface area contributed by atoms with Gasteiger partial charge in [0.1, 0.15) is 0 Å². The van der Waals surface area contributed by atoms with Crippen LogP contribution in [-0.4, -0.2) is 21.6 Å². The molecule has 0 spiro atoms. The molecule has 2 rings (SSSR count). The first kappa shape index (κ1) is 12.6. The molecule has 1 N–H and O–H groups in total. The zero-order valence-corrected chi connectivity index (χ0v) is 10.6. The number of halogens is 1. The van der Waals surface area contributed by atoms with Gasteiger partial charge in [0, 0.05) is 30.6 Å². The summed E-state index contributed by atoms with van der Waals surface area (Å²) in [6.45, 7) is 0.475. The molecule has 0 atom stereocenters. The van der Waals surface area contributed by atoms with Gasteiger partial charge in [-0.2, -0.15) is 5.10 Å². The maximum atomic E-state index is 11.3. The van der Waals surface area contributed by atoms with E-state index < -0.39 is 0 Å². The Bertz CT molecular complexity index is 510. The minimum atomic E-state index is -0.0440. The van der Waals surface area contributed by atoms with Crippen LogP contribution in [0.5, 0.6) is 0 Å². The van der Waals surface area contributed by atoms with E-state index >= 15 is 0 Å². The van der Waals surface area contributed by atoms with Crippen molar-refractivity contribution in [3.8, 4) is 5.69 Å². The molecule has 5 heteroatoms. The van der Waals surface area contributed by atoms with Crippen LogP contribution < -0.4 is 5.32 Å². The number of aromatic nitrogens is 2. The first-order valence-electron chi connectivity index (χ1n) is 5.71. The lowest BCUT2D eigenvalue weighted by molar-refractivity contribution is -0.120. The zero-order valence-electron chi connectivity index (χ0n) is 9.84. The molecule has 0 saturated carbocycles. The summed E-state index contributed by atoms with van der Waals surface area (Å²) >= 11 is 5.49. The maximum Gasteiger partial charge on any atom is 0.221 e. The molecule has 1 amide bonds. The zero-order chi connectivity index (χ0) is 12.8. The lowest BCUT2D eigenvalue weighted by Gasteiger charge is -2.01. The molecular weight excluding hydrogens is 250 g/mol. The quantitative estimate of drug-likeness (QED) is 0.840. The van der Waals surface area contributed by atoms with Crippen molar-refractivity contribution in [3.05, 3.63) is 48.3 Å². The smallest absolute Gasteiger partial charge is 0.221 e. The van der Waals surface area contributed by atoms with Crippen molar-refractivity contribution in [2.75, 3.05) is 5.88 Å². The third-order valence-corrected chi connectivity index (χ3v) is 2.66. The summed E-state index contributed by atoms with van der Waals surface area (Å²) in [6, 6.07) is 9.82. The molecule has 1 aromatic carbocycles. The summed E-state index contributed by atoms with van der Waals surface area (Å²) in [5.74, 6) is 0.298. The number of carbonyl (C=O) groups is 1. The van der Waals surface area contributed by atoms with Gasteiger partial charge in [0.2, 0.25) is 5.91 Å². The van der Waals surface area contributed by atoms with Gasteiger partial charge in [-0.25, -0.2) is 4.68 Å². The van der Waals surface area contributed by atoms with Gasteiger partial charge in [0.05, 0.1) is 11.9 Å². The van der Waals surface area contributed by atoms with Crippen molar-refractivity contribution in [1.82, 2.24) is 15.1 Å². The van der Waals surface area contributed by atoms with Gasteiger partial charge in [0.15, 0.2) is 0 Å². The largest absolute Gasteiger partial charge is 0.352 e. The maximum absolute atomic E-state index is 11.3. The third kappa shape index (κ3) is 3.34. The highest BCUT2D eigenvalue weighted by molar-refractivity contribution is 6.18. The van der Waals surface area contributed by atoms with E-state index in [1.54, 1.807) is 10.9 Å². The fourth-order valence-corrected chi connectivity index (χ4v) is 1.72. The summed E-state index contributed by atoms with van der Waals surface area (Å²) < 4.78 is 1.78. The van der Waals surface area contributed by atoms with Crippen LogP contribution in [0.1, 0.15) is 12.0 Å². The van der Waals surface area contributed by atoms with Crippen LogP contribution in [0, 0.1) is 0 Å². The Balaban J connectivity index is 1.97. The SMILES string of the molecule is O=C(CCCl)NCc1cnn(-c2ccccc2)c1. The number of para-hydroxylation sites is 1. The number of amides is 1. The van der Waals surface area contributed by atoms with Crippen molar-refractivity contribution in [2.24, 2.45) is 0 Å². The minimum absolute atomic E-state index is 0.0440. The molecule has 0 radical (unpaired) electrons. The Morgan fingerprint density at radius 2 is 2.11 bits per heavy atom. The van der Waals surface area contributed by atoms with Crippen molar-refractivity contribution >= 4 is 17.5 Å². The Kier molecular flexibility index (Phi) is 4.36. The lowest BCUT2D eigenvalue weighted by atomic mass is 10.3. The summed E-state index contributed by atoms with van der Waals surface area (Å²) in [5, 5.41) is 7.04. The summed E-state index contributed by atoms with van der Waals surface area (Å²) in [4.78, 5) is 11.3. The van der Waals surface area contributed by atoms with Crippen LogP contribution in [0.4, 0.5) is 0 Å². The average Bonchev–Trinajstić information content (AvgIpc) is 2.87. The van der Waals surface area contributed by atoms with E-state index in [1.165, 1.54) is 0 Å². The van der Waals surface area contributed by atoms with Crippen molar-refractivity contribution in [3.63, 3.8) is 0 Å². The van der Waals surface area contributed by atoms with Gasteiger partial charge in [-0.05, 0) is 12.1 Å². The van der Waals surface area contributed by atoms with Gasteiger partial charge in [-0.1, -0.05) is 18.2 Å². The summed E-state index contributed by atoms with van der Waals surface area (Å²) in [7, 11) is 0. The first-order valence-corrected chi connectivity index (χ1v) is 6.24. The van der Waals surface area contributed by atoms with E-state index in [4.69, 9.17) is 11.6 Å². The minimum Gasteiger partial charge on any atom is -0.352 e. The molecule has 0 bridgehead atoms. The molecule has 0 unspecified atom stereocenters. The predicted octanol–water partition coefficient (Wildman–Crippen LogP) is 2.12. The standard InChI is InChI=1S/C13H14ClN3O/c14-7-6-13(18)15-8-11-9-16-17(10-11)12-4-2-1-3-5-12/h1-5,9-10H,6-8H2,(H,15,18). The van der Waals surface area contributed by atoms with Crippen LogP contribution in [0.25, 0.3) is 5.69 Å². The number of hydrogen-bond acceptors (Lipinski definition) is 2. The van der Waals surface area contributed by atoms with E-state index in [9.17, 15) is 4.79 Å². The topological polar surface area (TPSA) is 46.9 Å². The van der Waals surface area contributed by atoms with Crippen molar-refractivity contribution < 1.29 is 4.79 Å². The molecular formula is C13H14ClN3O.